The fourth-order valence-electron chi connectivity index (χ4n) is 4.74. The van der Waals surface area contributed by atoms with E-state index in [2.05, 4.69) is 21.4 Å². The average Bonchev–Trinajstić information content (AvgIpc) is 3.40. The molecule has 0 aliphatic carbocycles. The minimum atomic E-state index is -1.09. The lowest BCUT2D eigenvalue weighted by molar-refractivity contribution is -0.123. The number of halogens is 2. The maximum atomic E-state index is 13.8. The van der Waals surface area contributed by atoms with Crippen molar-refractivity contribution in [2.45, 2.75) is 12.1 Å². The summed E-state index contributed by atoms with van der Waals surface area (Å²) in [5, 5.41) is 1.51. The van der Waals surface area contributed by atoms with Gasteiger partial charge in [-0.15, -0.1) is 0 Å². The van der Waals surface area contributed by atoms with Gasteiger partial charge in [-0.3, -0.25) is 19.4 Å². The number of ether oxygens (including phenoxy) is 2. The lowest BCUT2D eigenvalue weighted by atomic mass is 9.90. The number of benzene rings is 3. The minimum Gasteiger partial charge on any atom is -0.497 e. The Kier molecular flexibility index (Phi) is 6.46. The zero-order valence-electron chi connectivity index (χ0n) is 19.3. The molecular weight excluding hydrogens is 550 g/mol. The number of carbonyl (C=O) groups excluding carboxylic acids is 3. The first-order valence-electron chi connectivity index (χ1n) is 11.0. The molecule has 2 fully saturated rings. The number of hydrogen-bond acceptors (Lipinski definition) is 6. The Morgan fingerprint density at radius 1 is 0.972 bits per heavy atom. The monoisotopic (exact) mass is 569 g/mol. The van der Waals surface area contributed by atoms with Crippen molar-refractivity contribution in [2.24, 2.45) is 5.92 Å². The summed E-state index contributed by atoms with van der Waals surface area (Å²) in [5.74, 6) is -1.32. The van der Waals surface area contributed by atoms with Crippen LogP contribution in [0.4, 0.5) is 5.69 Å². The Labute approximate surface area is 220 Å². The number of methoxy groups -OCH3 is 2. The first kappa shape index (κ1) is 24.3. The van der Waals surface area contributed by atoms with E-state index < -0.39 is 35.7 Å². The van der Waals surface area contributed by atoms with Gasteiger partial charge >= 0.3 is 0 Å². The van der Waals surface area contributed by atoms with E-state index in [9.17, 15) is 14.4 Å². The second-order valence-electron chi connectivity index (χ2n) is 8.33. The summed E-state index contributed by atoms with van der Waals surface area (Å²) < 4.78 is 11.6. The number of amides is 3. The zero-order chi connectivity index (χ0) is 25.6. The Hall–Kier alpha value is -3.40. The van der Waals surface area contributed by atoms with E-state index >= 15 is 0 Å². The molecule has 0 saturated carbocycles. The minimum absolute atomic E-state index is 0.260. The van der Waals surface area contributed by atoms with Crippen LogP contribution in [0.25, 0.3) is 0 Å². The first-order chi connectivity index (χ1) is 17.3. The average molecular weight is 571 g/mol. The predicted molar refractivity (Wildman–Crippen MR) is 137 cm³/mol. The number of hydrazine groups is 1. The fourth-order valence-corrected chi connectivity index (χ4v) is 5.36. The first-order valence-corrected chi connectivity index (χ1v) is 12.2. The van der Waals surface area contributed by atoms with E-state index in [1.807, 2.05) is 0 Å². The SMILES string of the molecule is COc1ccc([C@@H]2NN(C(=O)c3cccc(Br)c3)[C@@H]3C(=O)N(c4ccccc4Cl)C(=O)[C@@H]32)c(OC)c1. The molecule has 2 heterocycles. The zero-order valence-corrected chi connectivity index (χ0v) is 21.6. The van der Waals surface area contributed by atoms with Crippen molar-refractivity contribution in [3.8, 4) is 11.5 Å². The number of nitrogens with one attached hydrogen (secondary N) is 1. The van der Waals surface area contributed by atoms with Crippen molar-refractivity contribution in [1.82, 2.24) is 10.4 Å². The van der Waals surface area contributed by atoms with Crippen LogP contribution in [0.1, 0.15) is 22.0 Å². The van der Waals surface area contributed by atoms with Gasteiger partial charge in [-0.2, -0.15) is 0 Å². The van der Waals surface area contributed by atoms with Gasteiger partial charge in [0.05, 0.1) is 36.9 Å². The Bertz CT molecular complexity index is 1380. The van der Waals surface area contributed by atoms with Gasteiger partial charge in [0.1, 0.15) is 17.5 Å². The molecule has 1 N–H and O–H groups in total. The number of rotatable bonds is 5. The van der Waals surface area contributed by atoms with Gasteiger partial charge in [-0.05, 0) is 42.5 Å². The summed E-state index contributed by atoms with van der Waals surface area (Å²) in [6.45, 7) is 0. The van der Waals surface area contributed by atoms with Crippen LogP contribution in [-0.4, -0.2) is 43.0 Å². The van der Waals surface area contributed by atoms with E-state index in [0.29, 0.717) is 27.1 Å². The van der Waals surface area contributed by atoms with Crippen molar-refractivity contribution >= 4 is 50.9 Å². The maximum absolute atomic E-state index is 13.8. The molecule has 36 heavy (non-hydrogen) atoms. The van der Waals surface area contributed by atoms with Crippen LogP contribution in [0.5, 0.6) is 11.5 Å². The van der Waals surface area contributed by atoms with E-state index in [0.717, 1.165) is 4.90 Å². The van der Waals surface area contributed by atoms with Crippen molar-refractivity contribution in [1.29, 1.82) is 0 Å². The number of imide groups is 1. The molecule has 0 unspecified atom stereocenters. The van der Waals surface area contributed by atoms with Crippen LogP contribution in [0.2, 0.25) is 5.02 Å². The van der Waals surface area contributed by atoms with Gasteiger partial charge in [0.15, 0.2) is 0 Å². The largest absolute Gasteiger partial charge is 0.497 e. The van der Waals surface area contributed by atoms with E-state index in [-0.39, 0.29) is 10.7 Å². The Morgan fingerprint density at radius 2 is 1.75 bits per heavy atom. The third-order valence-corrected chi connectivity index (χ3v) is 7.21. The number of carbonyl (C=O) groups is 3. The third-order valence-electron chi connectivity index (χ3n) is 6.39. The summed E-state index contributed by atoms with van der Waals surface area (Å²) in [6, 6.07) is 16.8. The van der Waals surface area contributed by atoms with Crippen molar-refractivity contribution < 1.29 is 23.9 Å². The van der Waals surface area contributed by atoms with Crippen molar-refractivity contribution in [3.05, 3.63) is 87.4 Å². The smallest absolute Gasteiger partial charge is 0.268 e. The molecule has 3 aromatic rings. The predicted octanol–water partition coefficient (Wildman–Crippen LogP) is 4.38. The lowest BCUT2D eigenvalue weighted by Gasteiger charge is -2.26. The van der Waals surface area contributed by atoms with Crippen LogP contribution < -0.4 is 19.8 Å². The number of hydrogen-bond donors (Lipinski definition) is 1. The van der Waals surface area contributed by atoms with Crippen molar-refractivity contribution in [3.63, 3.8) is 0 Å². The standard InChI is InChI=1S/C26H21BrClN3O5/c1-35-16-10-11-17(20(13-16)36-2)22-21-23(31(29-22)24(32)14-6-5-7-15(27)12-14)26(34)30(25(21)33)19-9-4-3-8-18(19)28/h3-13,21-23,29H,1-2H3/t21-,22+,23+/m1/s1. The van der Waals surface area contributed by atoms with Crippen LogP contribution in [0, 0.1) is 5.92 Å². The van der Waals surface area contributed by atoms with Crippen LogP contribution in [0.3, 0.4) is 0 Å². The molecule has 184 valence electrons. The highest BCUT2D eigenvalue weighted by atomic mass is 79.9. The summed E-state index contributed by atoms with van der Waals surface area (Å²) in [4.78, 5) is 42.2. The van der Waals surface area contributed by atoms with E-state index in [4.69, 9.17) is 21.1 Å². The van der Waals surface area contributed by atoms with Crippen molar-refractivity contribution in [2.75, 3.05) is 19.1 Å². The van der Waals surface area contributed by atoms with Gasteiger partial charge in [-0.1, -0.05) is 45.7 Å². The molecule has 10 heteroatoms. The summed E-state index contributed by atoms with van der Waals surface area (Å²) >= 11 is 9.74. The Balaban J connectivity index is 1.63. The Morgan fingerprint density at radius 3 is 2.44 bits per heavy atom. The maximum Gasteiger partial charge on any atom is 0.268 e. The van der Waals surface area contributed by atoms with E-state index in [1.54, 1.807) is 66.7 Å². The van der Waals surface area contributed by atoms with Gasteiger partial charge in [0, 0.05) is 21.7 Å². The van der Waals surface area contributed by atoms with Gasteiger partial charge < -0.3 is 9.47 Å². The summed E-state index contributed by atoms with van der Waals surface area (Å²) in [6.07, 6.45) is 0. The highest BCUT2D eigenvalue weighted by Gasteiger charge is 2.61. The number of para-hydroxylation sites is 1. The molecule has 8 nitrogen and oxygen atoms in total. The topological polar surface area (TPSA) is 88.2 Å². The number of anilines is 1. The molecular formula is C26H21BrClN3O5. The van der Waals surface area contributed by atoms with Gasteiger partial charge in [0.2, 0.25) is 5.91 Å². The number of fused-ring (bicyclic) bond motifs is 1. The van der Waals surface area contributed by atoms with Gasteiger partial charge in [-0.25, -0.2) is 10.3 Å². The molecule has 3 aromatic carbocycles. The molecule has 0 spiro atoms. The molecule has 5 rings (SSSR count). The number of nitrogens with zero attached hydrogens (tertiary/aromatic N) is 2. The highest BCUT2D eigenvalue weighted by molar-refractivity contribution is 9.10. The van der Waals surface area contributed by atoms with Crippen LogP contribution >= 0.6 is 27.5 Å². The second kappa shape index (κ2) is 9.57. The third kappa shape index (κ3) is 3.93. The second-order valence-corrected chi connectivity index (χ2v) is 9.66. The quantitative estimate of drug-likeness (QED) is 0.458. The molecule has 3 atom stereocenters. The molecule has 3 amide bonds. The van der Waals surface area contributed by atoms with Gasteiger partial charge in [0.25, 0.3) is 11.8 Å². The van der Waals surface area contributed by atoms with Crippen LogP contribution in [0.15, 0.2) is 71.2 Å². The summed E-state index contributed by atoms with van der Waals surface area (Å²) in [5.41, 5.74) is 4.38. The highest BCUT2D eigenvalue weighted by Crippen LogP contribution is 2.46. The fraction of sp³-hybridized carbons (Fsp3) is 0.192. The van der Waals surface area contributed by atoms with E-state index in [1.165, 1.54) is 19.2 Å². The molecule has 2 aliphatic rings. The molecule has 0 aromatic heterocycles. The molecule has 2 aliphatic heterocycles. The normalized spacial score (nSPS) is 21.1. The molecule has 2 saturated heterocycles. The lowest BCUT2D eigenvalue weighted by Crippen LogP contribution is -2.48. The molecule has 0 bridgehead atoms. The molecule has 0 radical (unpaired) electrons. The van der Waals surface area contributed by atoms with Crippen LogP contribution in [-0.2, 0) is 9.59 Å². The summed E-state index contributed by atoms with van der Waals surface area (Å²) in [7, 11) is 3.05.